The molecule has 0 atom stereocenters. The third-order valence-corrected chi connectivity index (χ3v) is 4.99. The summed E-state index contributed by atoms with van der Waals surface area (Å²) in [6, 6.07) is 12.1. The van der Waals surface area contributed by atoms with Crippen molar-refractivity contribution in [2.24, 2.45) is 9.98 Å². The molecule has 0 radical (unpaired) electrons. The van der Waals surface area contributed by atoms with Gasteiger partial charge in [-0.25, -0.2) is 9.37 Å². The van der Waals surface area contributed by atoms with E-state index in [1.165, 1.54) is 24.5 Å². The fourth-order valence-corrected chi connectivity index (χ4v) is 3.52. The topological polar surface area (TPSA) is 118 Å². The van der Waals surface area contributed by atoms with Crippen LogP contribution < -0.4 is 5.73 Å². The summed E-state index contributed by atoms with van der Waals surface area (Å²) in [5, 5.41) is 14.5. The number of benzene rings is 1. The van der Waals surface area contributed by atoms with Gasteiger partial charge >= 0.3 is 0 Å². The summed E-state index contributed by atoms with van der Waals surface area (Å²) < 4.78 is 15.7. The molecule has 4 rings (SSSR count). The summed E-state index contributed by atoms with van der Waals surface area (Å²) in [6.45, 7) is 3.59. The minimum absolute atomic E-state index is 0.113. The molecule has 0 spiro atoms. The molecule has 162 valence electrons. The number of pyridine rings is 2. The van der Waals surface area contributed by atoms with Crippen molar-refractivity contribution in [3.05, 3.63) is 83.7 Å². The van der Waals surface area contributed by atoms with Crippen molar-refractivity contribution in [2.45, 2.75) is 6.54 Å². The smallest absolute Gasteiger partial charge is 0.152 e. The number of halogens is 1. The summed E-state index contributed by atoms with van der Waals surface area (Å²) in [5.41, 5.74) is 9.93. The highest BCUT2D eigenvalue weighted by Crippen LogP contribution is 2.32. The average Bonchev–Trinajstić information content (AvgIpc) is 3.26. The van der Waals surface area contributed by atoms with Crippen molar-refractivity contribution >= 4 is 29.1 Å². The van der Waals surface area contributed by atoms with Gasteiger partial charge in [0.25, 0.3) is 0 Å². The molecule has 4 aromatic rings. The van der Waals surface area contributed by atoms with E-state index in [1.807, 2.05) is 6.07 Å². The molecule has 8 nitrogen and oxygen atoms in total. The number of fused-ring (bicyclic) bond motifs is 1. The third kappa shape index (κ3) is 4.22. The second-order valence-corrected chi connectivity index (χ2v) is 7.04. The van der Waals surface area contributed by atoms with Crippen LogP contribution in [0.2, 0.25) is 0 Å². The minimum Gasteiger partial charge on any atom is -0.382 e. The number of hydrogen-bond acceptors (Lipinski definition) is 7. The van der Waals surface area contributed by atoms with Crippen molar-refractivity contribution < 1.29 is 4.39 Å². The molecule has 0 aliphatic heterocycles. The van der Waals surface area contributed by atoms with E-state index in [1.54, 1.807) is 42.2 Å². The number of nitriles is 1. The second kappa shape index (κ2) is 9.20. The molecular formula is C24H19FN8. The van der Waals surface area contributed by atoms with E-state index in [0.717, 1.165) is 0 Å². The lowest BCUT2D eigenvalue weighted by Gasteiger charge is -2.12. The molecule has 0 unspecified atom stereocenters. The first-order valence-corrected chi connectivity index (χ1v) is 9.91. The maximum absolute atomic E-state index is 14.2. The zero-order chi connectivity index (χ0) is 23.4. The molecule has 0 bridgehead atoms. The number of aromatic nitrogens is 4. The van der Waals surface area contributed by atoms with Crippen LogP contribution in [0.25, 0.3) is 22.2 Å². The van der Waals surface area contributed by atoms with Crippen molar-refractivity contribution in [1.82, 2.24) is 19.7 Å². The predicted molar refractivity (Wildman–Crippen MR) is 127 cm³/mol. The van der Waals surface area contributed by atoms with Crippen molar-refractivity contribution in [3.8, 4) is 17.3 Å². The predicted octanol–water partition coefficient (Wildman–Crippen LogP) is 3.77. The number of hydrogen-bond donors (Lipinski definition) is 1. The highest BCUT2D eigenvalue weighted by Gasteiger charge is 2.21. The number of nitrogen functional groups attached to an aromatic ring is 1. The van der Waals surface area contributed by atoms with Crippen molar-refractivity contribution in [1.29, 1.82) is 5.26 Å². The normalized spacial score (nSPS) is 11.7. The Hall–Kier alpha value is -4.71. The molecule has 1 aromatic carbocycles. The minimum atomic E-state index is -0.423. The van der Waals surface area contributed by atoms with Gasteiger partial charge in [-0.2, -0.15) is 10.4 Å². The number of nitrogens with two attached hydrogens (primary N) is 1. The summed E-state index contributed by atoms with van der Waals surface area (Å²) in [5.74, 6) is -0.221. The highest BCUT2D eigenvalue weighted by atomic mass is 19.1. The summed E-state index contributed by atoms with van der Waals surface area (Å²) in [7, 11) is 1.65. The number of anilines is 1. The standard InChI is InChI=1S/C24H19FN8/c1-28-10-8-19(29-2)21-17-13-33(14-20-18(25)7-4-9-30-20)32-23(17)24(27)31-22(21)16-6-3-5-15(11-16)12-26/h3-11,13H,1,14H2,2H3,(H2,27,31)/b10-8-,29-19+. The Morgan fingerprint density at radius 2 is 2.18 bits per heavy atom. The first-order chi connectivity index (χ1) is 16.0. The van der Waals surface area contributed by atoms with Gasteiger partial charge in [0, 0.05) is 42.2 Å². The Kier molecular flexibility index (Phi) is 6.00. The van der Waals surface area contributed by atoms with Crippen LogP contribution in [0.4, 0.5) is 10.2 Å². The lowest BCUT2D eigenvalue weighted by Crippen LogP contribution is -2.06. The number of aliphatic imine (C=N–C) groups is 2. The van der Waals surface area contributed by atoms with Gasteiger partial charge in [-0.05, 0) is 37.1 Å². The molecule has 0 amide bonds. The van der Waals surface area contributed by atoms with Gasteiger partial charge in [0.05, 0.1) is 35.3 Å². The first-order valence-electron chi connectivity index (χ1n) is 9.91. The lowest BCUT2D eigenvalue weighted by atomic mass is 9.97. The molecule has 2 N–H and O–H groups in total. The Balaban J connectivity index is 1.98. The third-order valence-electron chi connectivity index (χ3n) is 4.99. The number of nitrogens with zero attached hydrogens (tertiary/aromatic N) is 7. The van der Waals surface area contributed by atoms with Gasteiger partial charge in [0.2, 0.25) is 0 Å². The number of rotatable bonds is 6. The van der Waals surface area contributed by atoms with Crippen LogP contribution in [-0.4, -0.2) is 39.2 Å². The SMILES string of the molecule is C=N/C=C\C(=N/C)c1c(-c2cccc(C#N)c2)nc(N)c2nn(Cc3ncccc3F)cc12. The molecular weight excluding hydrogens is 419 g/mol. The quantitative estimate of drug-likeness (QED) is 0.460. The Bertz CT molecular complexity index is 1460. The fraction of sp³-hybridized carbons (Fsp3) is 0.0833. The lowest BCUT2D eigenvalue weighted by molar-refractivity contribution is 0.572. The van der Waals surface area contributed by atoms with Crippen LogP contribution in [0.15, 0.2) is 71.1 Å². The van der Waals surface area contributed by atoms with E-state index in [9.17, 15) is 9.65 Å². The molecule has 0 fully saturated rings. The first kappa shape index (κ1) is 21.5. The highest BCUT2D eigenvalue weighted by molar-refractivity contribution is 6.20. The molecule has 3 heterocycles. The largest absolute Gasteiger partial charge is 0.382 e. The molecule has 33 heavy (non-hydrogen) atoms. The van der Waals surface area contributed by atoms with Crippen LogP contribution in [0, 0.1) is 17.1 Å². The fourth-order valence-electron chi connectivity index (χ4n) is 3.52. The second-order valence-electron chi connectivity index (χ2n) is 7.04. The van der Waals surface area contributed by atoms with Crippen LogP contribution in [0.3, 0.4) is 0 Å². The van der Waals surface area contributed by atoms with E-state index in [0.29, 0.717) is 39.0 Å². The van der Waals surface area contributed by atoms with Gasteiger partial charge in [0.15, 0.2) is 5.82 Å². The average molecular weight is 438 g/mol. The van der Waals surface area contributed by atoms with E-state index in [2.05, 4.69) is 37.8 Å². The Morgan fingerprint density at radius 3 is 2.91 bits per heavy atom. The van der Waals surface area contributed by atoms with Crippen LogP contribution in [0.1, 0.15) is 16.8 Å². The van der Waals surface area contributed by atoms with E-state index in [4.69, 9.17) is 5.73 Å². The van der Waals surface area contributed by atoms with Gasteiger partial charge < -0.3 is 5.73 Å². The maximum Gasteiger partial charge on any atom is 0.152 e. The van der Waals surface area contributed by atoms with Gasteiger partial charge in [0.1, 0.15) is 11.3 Å². The zero-order valence-corrected chi connectivity index (χ0v) is 17.8. The molecule has 0 aliphatic carbocycles. The summed E-state index contributed by atoms with van der Waals surface area (Å²) >= 11 is 0. The zero-order valence-electron chi connectivity index (χ0n) is 17.8. The molecule has 3 aromatic heterocycles. The van der Waals surface area contributed by atoms with Gasteiger partial charge in [-0.3, -0.25) is 19.7 Å². The molecule has 0 aliphatic rings. The van der Waals surface area contributed by atoms with E-state index < -0.39 is 5.82 Å². The monoisotopic (exact) mass is 438 g/mol. The van der Waals surface area contributed by atoms with E-state index in [-0.39, 0.29) is 18.1 Å². The van der Waals surface area contributed by atoms with Gasteiger partial charge in [-0.1, -0.05) is 12.1 Å². The van der Waals surface area contributed by atoms with Crippen LogP contribution in [-0.2, 0) is 6.54 Å². The Labute approximate surface area is 189 Å². The van der Waals surface area contributed by atoms with Crippen molar-refractivity contribution in [2.75, 3.05) is 12.8 Å². The number of allylic oxidation sites excluding steroid dienone is 1. The van der Waals surface area contributed by atoms with Crippen LogP contribution >= 0.6 is 0 Å². The molecule has 9 heteroatoms. The van der Waals surface area contributed by atoms with Crippen LogP contribution in [0.5, 0.6) is 0 Å². The van der Waals surface area contributed by atoms with Crippen molar-refractivity contribution in [3.63, 3.8) is 0 Å². The molecule has 0 saturated carbocycles. The maximum atomic E-state index is 14.2. The Morgan fingerprint density at radius 1 is 1.33 bits per heavy atom. The summed E-state index contributed by atoms with van der Waals surface area (Å²) in [4.78, 5) is 16.9. The van der Waals surface area contributed by atoms with E-state index >= 15 is 0 Å². The van der Waals surface area contributed by atoms with Gasteiger partial charge in [-0.15, -0.1) is 0 Å². The summed E-state index contributed by atoms with van der Waals surface area (Å²) in [6.07, 6.45) is 6.51. The molecule has 0 saturated heterocycles.